The van der Waals surface area contributed by atoms with Gasteiger partial charge in [-0.1, -0.05) is 11.6 Å². The highest BCUT2D eigenvalue weighted by atomic mass is 32.1. The summed E-state index contributed by atoms with van der Waals surface area (Å²) in [5, 5.41) is 2.66. The number of halogens is 1. The van der Waals surface area contributed by atoms with E-state index >= 15 is 0 Å². The average molecular weight is 250 g/mol. The van der Waals surface area contributed by atoms with Gasteiger partial charge in [-0.05, 0) is 19.1 Å². The maximum atomic E-state index is 13.4. The van der Waals surface area contributed by atoms with Crippen LogP contribution in [0.4, 0.5) is 4.39 Å². The molecule has 0 aliphatic rings. The van der Waals surface area contributed by atoms with Gasteiger partial charge in [-0.3, -0.25) is 9.78 Å². The van der Waals surface area contributed by atoms with Crippen molar-refractivity contribution in [3.63, 3.8) is 0 Å². The van der Waals surface area contributed by atoms with Crippen molar-refractivity contribution in [2.24, 2.45) is 0 Å². The Hall–Kier alpha value is -1.75. The van der Waals surface area contributed by atoms with Gasteiger partial charge in [0, 0.05) is 11.1 Å². The highest BCUT2D eigenvalue weighted by molar-refractivity contribution is 7.09. The fourth-order valence-electron chi connectivity index (χ4n) is 1.41. The molecule has 1 N–H and O–H groups in total. The van der Waals surface area contributed by atoms with Gasteiger partial charge in [0.15, 0.2) is 0 Å². The Morgan fingerprint density at radius 2 is 2.35 bits per heavy atom. The second-order valence-corrected chi connectivity index (χ2v) is 4.60. The van der Waals surface area contributed by atoms with E-state index in [9.17, 15) is 9.18 Å². The van der Waals surface area contributed by atoms with Crippen molar-refractivity contribution in [3.05, 3.63) is 51.7 Å². The number of hydrogen-bond donors (Lipinski definition) is 1. The molecule has 0 fully saturated rings. The summed E-state index contributed by atoms with van der Waals surface area (Å²) < 4.78 is 13.4. The summed E-state index contributed by atoms with van der Waals surface area (Å²) in [4.78, 5) is 16.6. The van der Waals surface area contributed by atoms with Crippen molar-refractivity contribution in [1.29, 1.82) is 0 Å². The van der Waals surface area contributed by atoms with Gasteiger partial charge in [0.25, 0.3) is 5.91 Å². The largest absolute Gasteiger partial charge is 0.347 e. The zero-order chi connectivity index (χ0) is 12.3. The fourth-order valence-corrected chi connectivity index (χ4v) is 1.94. The number of rotatable bonds is 3. The summed E-state index contributed by atoms with van der Waals surface area (Å²) in [6.45, 7) is 2.19. The molecule has 2 rings (SSSR count). The van der Waals surface area contributed by atoms with E-state index in [2.05, 4.69) is 10.3 Å². The quantitative estimate of drug-likeness (QED) is 0.909. The molecule has 17 heavy (non-hydrogen) atoms. The molecule has 1 aromatic heterocycles. The SMILES string of the molecule is Cc1ccc(F)c(C(=O)NCc2cncs2)c1. The van der Waals surface area contributed by atoms with E-state index in [0.29, 0.717) is 6.54 Å². The molecule has 0 spiro atoms. The molecule has 0 unspecified atom stereocenters. The van der Waals surface area contributed by atoms with E-state index in [1.807, 2.05) is 6.92 Å². The van der Waals surface area contributed by atoms with Crippen molar-refractivity contribution in [2.45, 2.75) is 13.5 Å². The lowest BCUT2D eigenvalue weighted by Crippen LogP contribution is -2.23. The zero-order valence-corrected chi connectivity index (χ0v) is 10.1. The van der Waals surface area contributed by atoms with Crippen LogP contribution >= 0.6 is 11.3 Å². The first-order valence-electron chi connectivity index (χ1n) is 5.08. The molecule has 5 heteroatoms. The molecule has 2 aromatic rings. The van der Waals surface area contributed by atoms with E-state index < -0.39 is 11.7 Å². The van der Waals surface area contributed by atoms with Gasteiger partial charge in [-0.25, -0.2) is 4.39 Å². The van der Waals surface area contributed by atoms with E-state index in [0.717, 1.165) is 10.4 Å². The van der Waals surface area contributed by atoms with Gasteiger partial charge < -0.3 is 5.32 Å². The molecule has 3 nitrogen and oxygen atoms in total. The lowest BCUT2D eigenvalue weighted by Gasteiger charge is -2.05. The fraction of sp³-hybridized carbons (Fsp3) is 0.167. The van der Waals surface area contributed by atoms with Gasteiger partial charge in [-0.15, -0.1) is 11.3 Å². The summed E-state index contributed by atoms with van der Waals surface area (Å²) in [6, 6.07) is 4.48. The monoisotopic (exact) mass is 250 g/mol. The van der Waals surface area contributed by atoms with Crippen LogP contribution in [-0.4, -0.2) is 10.9 Å². The number of carbonyl (C=O) groups is 1. The number of aromatic nitrogens is 1. The Morgan fingerprint density at radius 1 is 1.53 bits per heavy atom. The lowest BCUT2D eigenvalue weighted by atomic mass is 10.1. The summed E-state index contributed by atoms with van der Waals surface area (Å²) in [7, 11) is 0. The topological polar surface area (TPSA) is 42.0 Å². The standard InChI is InChI=1S/C12H11FN2OS/c1-8-2-3-11(13)10(4-8)12(16)15-6-9-5-14-7-17-9/h2-5,7H,6H2,1H3,(H,15,16). The van der Waals surface area contributed by atoms with Gasteiger partial charge in [0.2, 0.25) is 0 Å². The van der Waals surface area contributed by atoms with E-state index in [1.54, 1.807) is 17.8 Å². The Balaban J connectivity index is 2.07. The highest BCUT2D eigenvalue weighted by Crippen LogP contribution is 2.11. The van der Waals surface area contributed by atoms with Gasteiger partial charge >= 0.3 is 0 Å². The van der Waals surface area contributed by atoms with Crippen LogP contribution < -0.4 is 5.32 Å². The predicted molar refractivity (Wildman–Crippen MR) is 64.4 cm³/mol. The van der Waals surface area contributed by atoms with E-state index in [-0.39, 0.29) is 5.56 Å². The van der Waals surface area contributed by atoms with Crippen LogP contribution in [0.25, 0.3) is 0 Å². The lowest BCUT2D eigenvalue weighted by molar-refractivity contribution is 0.0947. The maximum Gasteiger partial charge on any atom is 0.254 e. The number of thiazole rings is 1. The van der Waals surface area contributed by atoms with Crippen LogP contribution in [0.15, 0.2) is 29.9 Å². The molecular weight excluding hydrogens is 239 g/mol. The zero-order valence-electron chi connectivity index (χ0n) is 9.24. The third kappa shape index (κ3) is 2.88. The molecule has 0 atom stereocenters. The van der Waals surface area contributed by atoms with Crippen LogP contribution in [0.5, 0.6) is 0 Å². The first kappa shape index (κ1) is 11.7. The highest BCUT2D eigenvalue weighted by Gasteiger charge is 2.11. The number of carbonyl (C=O) groups excluding carboxylic acids is 1. The van der Waals surface area contributed by atoms with Crippen molar-refractivity contribution >= 4 is 17.2 Å². The first-order valence-corrected chi connectivity index (χ1v) is 5.96. The summed E-state index contributed by atoms with van der Waals surface area (Å²) in [6.07, 6.45) is 1.68. The minimum Gasteiger partial charge on any atom is -0.347 e. The number of nitrogens with one attached hydrogen (secondary N) is 1. The molecule has 0 saturated heterocycles. The second-order valence-electron chi connectivity index (χ2n) is 3.63. The van der Waals surface area contributed by atoms with Crippen LogP contribution in [0.2, 0.25) is 0 Å². The molecular formula is C12H11FN2OS. The average Bonchev–Trinajstić information content (AvgIpc) is 2.82. The van der Waals surface area contributed by atoms with Crippen LogP contribution in [0, 0.1) is 12.7 Å². The van der Waals surface area contributed by atoms with Crippen molar-refractivity contribution < 1.29 is 9.18 Å². The van der Waals surface area contributed by atoms with Gasteiger partial charge in [0.1, 0.15) is 5.82 Å². The third-order valence-corrected chi connectivity index (χ3v) is 3.05. The van der Waals surface area contributed by atoms with Crippen molar-refractivity contribution in [1.82, 2.24) is 10.3 Å². The smallest absolute Gasteiger partial charge is 0.254 e. The summed E-state index contributed by atoms with van der Waals surface area (Å²) in [5.74, 6) is -0.906. The minimum absolute atomic E-state index is 0.0783. The molecule has 0 bridgehead atoms. The number of nitrogens with zero attached hydrogens (tertiary/aromatic N) is 1. The normalized spacial score (nSPS) is 10.2. The predicted octanol–water partition coefficient (Wildman–Crippen LogP) is 2.52. The maximum absolute atomic E-state index is 13.4. The molecule has 0 saturated carbocycles. The molecule has 0 radical (unpaired) electrons. The Bertz CT molecular complexity index is 525. The van der Waals surface area contributed by atoms with E-state index in [4.69, 9.17) is 0 Å². The Morgan fingerprint density at radius 3 is 3.06 bits per heavy atom. The van der Waals surface area contributed by atoms with Gasteiger partial charge in [0.05, 0.1) is 17.6 Å². The van der Waals surface area contributed by atoms with Crippen LogP contribution in [0.1, 0.15) is 20.8 Å². The van der Waals surface area contributed by atoms with Crippen molar-refractivity contribution in [3.8, 4) is 0 Å². The second kappa shape index (κ2) is 5.05. The van der Waals surface area contributed by atoms with E-state index in [1.165, 1.54) is 23.5 Å². The molecule has 0 aliphatic carbocycles. The number of amides is 1. The molecule has 1 amide bonds. The Kier molecular flexibility index (Phi) is 3.49. The molecule has 1 heterocycles. The molecule has 1 aromatic carbocycles. The Labute approximate surface area is 102 Å². The third-order valence-electron chi connectivity index (χ3n) is 2.27. The molecule has 88 valence electrons. The van der Waals surface area contributed by atoms with Gasteiger partial charge in [-0.2, -0.15) is 0 Å². The summed E-state index contributed by atoms with van der Waals surface area (Å²) >= 11 is 1.45. The van der Waals surface area contributed by atoms with Crippen molar-refractivity contribution in [2.75, 3.05) is 0 Å². The number of hydrogen-bond acceptors (Lipinski definition) is 3. The number of aryl methyl sites for hydroxylation is 1. The van der Waals surface area contributed by atoms with Crippen LogP contribution in [-0.2, 0) is 6.54 Å². The number of benzene rings is 1. The molecule has 0 aliphatic heterocycles. The first-order chi connectivity index (χ1) is 8.16. The summed E-state index contributed by atoms with van der Waals surface area (Å²) in [5.41, 5.74) is 2.62. The minimum atomic E-state index is -0.502. The van der Waals surface area contributed by atoms with Crippen LogP contribution in [0.3, 0.4) is 0 Å².